The van der Waals surface area contributed by atoms with Crippen molar-refractivity contribution in [2.24, 2.45) is 5.92 Å². The summed E-state index contributed by atoms with van der Waals surface area (Å²) in [6.45, 7) is 8.56. The maximum absolute atomic E-state index is 11.5. The van der Waals surface area contributed by atoms with E-state index in [1.165, 1.54) is 36.5 Å². The van der Waals surface area contributed by atoms with Gasteiger partial charge in [0.05, 0.1) is 6.26 Å². The minimum absolute atomic E-state index is 0.506. The fourth-order valence-corrected chi connectivity index (χ4v) is 3.85. The molecule has 1 fully saturated rings. The van der Waals surface area contributed by atoms with Crippen LogP contribution in [-0.4, -0.2) is 69.7 Å². The molecule has 0 saturated carbocycles. The Morgan fingerprint density at radius 3 is 2.70 bits per heavy atom. The summed E-state index contributed by atoms with van der Waals surface area (Å²) in [4.78, 5) is 2.40. The van der Waals surface area contributed by atoms with E-state index in [4.69, 9.17) is 0 Å². The summed E-state index contributed by atoms with van der Waals surface area (Å²) in [7, 11) is -0.860. The maximum Gasteiger partial charge on any atom is 0.211 e. The van der Waals surface area contributed by atoms with Crippen molar-refractivity contribution in [3.63, 3.8) is 0 Å². The number of sulfonamides is 1. The molecule has 0 bridgehead atoms. The molecule has 0 aromatic rings. The molecule has 20 heavy (non-hydrogen) atoms. The maximum atomic E-state index is 11.5. The minimum Gasteiger partial charge on any atom is -0.314 e. The average Bonchev–Trinajstić information content (AvgIpc) is 2.37. The fourth-order valence-electron chi connectivity index (χ4n) is 2.92. The highest BCUT2D eigenvalue weighted by Crippen LogP contribution is 2.18. The molecule has 1 heterocycles. The molecule has 0 amide bonds. The second kappa shape index (κ2) is 8.32. The Kier molecular flexibility index (Phi) is 7.43. The van der Waals surface area contributed by atoms with Gasteiger partial charge in [0, 0.05) is 25.7 Å². The third-order valence-corrected chi connectivity index (χ3v) is 5.62. The second-order valence-corrected chi connectivity index (χ2v) is 8.00. The molecule has 0 aromatic heterocycles. The number of piperidine rings is 1. The first-order chi connectivity index (χ1) is 9.34. The topological polar surface area (TPSA) is 52.6 Å². The zero-order valence-electron chi connectivity index (χ0n) is 13.4. The van der Waals surface area contributed by atoms with Gasteiger partial charge < -0.3 is 10.2 Å². The Hall–Kier alpha value is -0.170. The first-order valence-corrected chi connectivity index (χ1v) is 9.56. The van der Waals surface area contributed by atoms with Crippen molar-refractivity contribution >= 4 is 10.0 Å². The lowest BCUT2D eigenvalue weighted by Gasteiger charge is -2.34. The van der Waals surface area contributed by atoms with Crippen LogP contribution >= 0.6 is 0 Å². The number of nitrogens with zero attached hydrogens (tertiary/aromatic N) is 2. The van der Waals surface area contributed by atoms with Crippen molar-refractivity contribution in [2.75, 3.05) is 46.0 Å². The Morgan fingerprint density at radius 2 is 2.15 bits per heavy atom. The van der Waals surface area contributed by atoms with E-state index < -0.39 is 10.0 Å². The Balaban J connectivity index is 2.23. The summed E-state index contributed by atoms with van der Waals surface area (Å²) in [6, 6.07) is 0.506. The summed E-state index contributed by atoms with van der Waals surface area (Å²) in [5, 5.41) is 3.56. The molecule has 1 aliphatic rings. The smallest absolute Gasteiger partial charge is 0.211 e. The van der Waals surface area contributed by atoms with Crippen LogP contribution in [0.25, 0.3) is 0 Å². The van der Waals surface area contributed by atoms with E-state index in [1.54, 1.807) is 0 Å². The minimum atomic E-state index is -3.04. The van der Waals surface area contributed by atoms with E-state index in [2.05, 4.69) is 24.2 Å². The summed E-state index contributed by atoms with van der Waals surface area (Å²) in [5.41, 5.74) is 0. The molecule has 1 saturated heterocycles. The number of likely N-dealkylation sites (tertiary alicyclic amines) is 1. The third-order valence-electron chi connectivity index (χ3n) is 4.24. The van der Waals surface area contributed by atoms with Gasteiger partial charge in [0.25, 0.3) is 0 Å². The van der Waals surface area contributed by atoms with Crippen LogP contribution in [0, 0.1) is 5.92 Å². The lowest BCUT2D eigenvalue weighted by atomic mass is 9.92. The quantitative estimate of drug-likeness (QED) is 0.679. The van der Waals surface area contributed by atoms with Gasteiger partial charge in [0.2, 0.25) is 10.0 Å². The highest BCUT2D eigenvalue weighted by Gasteiger charge is 2.22. The van der Waals surface area contributed by atoms with Crippen LogP contribution in [0.15, 0.2) is 0 Å². The van der Waals surface area contributed by atoms with Gasteiger partial charge in [-0.25, -0.2) is 12.7 Å². The summed E-state index contributed by atoms with van der Waals surface area (Å²) in [6.07, 6.45) is 4.73. The summed E-state index contributed by atoms with van der Waals surface area (Å²) >= 11 is 0. The normalized spacial score (nSPS) is 23.1. The second-order valence-electron chi connectivity index (χ2n) is 6.02. The van der Waals surface area contributed by atoms with Crippen LogP contribution in [0.2, 0.25) is 0 Å². The Bertz CT molecular complexity index is 373. The molecule has 1 rings (SSSR count). The zero-order valence-corrected chi connectivity index (χ0v) is 14.2. The third kappa shape index (κ3) is 6.08. The standard InChI is InChI=1S/C14H31N3O2S/c1-5-17(20(4,18)19)11-7-9-15-13(2)14-8-6-10-16(3)12-14/h13-15H,5-12H2,1-4H3. The van der Waals surface area contributed by atoms with Crippen molar-refractivity contribution < 1.29 is 8.42 Å². The van der Waals surface area contributed by atoms with E-state index >= 15 is 0 Å². The van der Waals surface area contributed by atoms with Gasteiger partial charge in [0.1, 0.15) is 0 Å². The summed E-state index contributed by atoms with van der Waals surface area (Å²) < 4.78 is 24.5. The molecule has 0 aliphatic carbocycles. The molecule has 2 atom stereocenters. The molecular formula is C14H31N3O2S. The lowest BCUT2D eigenvalue weighted by Crippen LogP contribution is -2.43. The Morgan fingerprint density at radius 1 is 1.45 bits per heavy atom. The predicted octanol–water partition coefficient (Wildman–Crippen LogP) is 0.978. The van der Waals surface area contributed by atoms with Crippen LogP contribution in [0.4, 0.5) is 0 Å². The lowest BCUT2D eigenvalue weighted by molar-refractivity contribution is 0.178. The van der Waals surface area contributed by atoms with Crippen molar-refractivity contribution in [2.45, 2.75) is 39.2 Å². The van der Waals surface area contributed by atoms with E-state index in [0.717, 1.165) is 13.0 Å². The SMILES string of the molecule is CCN(CCCNC(C)C1CCCN(C)C1)S(C)(=O)=O. The molecule has 0 radical (unpaired) electrons. The van der Waals surface area contributed by atoms with E-state index in [1.807, 2.05) is 6.92 Å². The Labute approximate surface area is 124 Å². The average molecular weight is 305 g/mol. The largest absolute Gasteiger partial charge is 0.314 e. The van der Waals surface area contributed by atoms with Crippen LogP contribution < -0.4 is 5.32 Å². The highest BCUT2D eigenvalue weighted by atomic mass is 32.2. The van der Waals surface area contributed by atoms with Crippen molar-refractivity contribution in [3.8, 4) is 0 Å². The van der Waals surface area contributed by atoms with E-state index in [9.17, 15) is 8.42 Å². The molecule has 0 spiro atoms. The monoisotopic (exact) mass is 305 g/mol. The van der Waals surface area contributed by atoms with Gasteiger partial charge >= 0.3 is 0 Å². The van der Waals surface area contributed by atoms with Crippen LogP contribution in [0.5, 0.6) is 0 Å². The van der Waals surface area contributed by atoms with E-state index in [0.29, 0.717) is 25.0 Å². The van der Waals surface area contributed by atoms with Gasteiger partial charge in [-0.1, -0.05) is 6.92 Å². The van der Waals surface area contributed by atoms with Gasteiger partial charge in [-0.2, -0.15) is 0 Å². The first kappa shape index (κ1) is 17.9. The number of rotatable bonds is 8. The zero-order chi connectivity index (χ0) is 15.2. The van der Waals surface area contributed by atoms with Crippen molar-refractivity contribution in [1.29, 1.82) is 0 Å². The van der Waals surface area contributed by atoms with Crippen molar-refractivity contribution in [3.05, 3.63) is 0 Å². The van der Waals surface area contributed by atoms with Crippen LogP contribution in [0.1, 0.15) is 33.1 Å². The number of nitrogens with one attached hydrogen (secondary N) is 1. The predicted molar refractivity (Wildman–Crippen MR) is 84.4 cm³/mol. The fraction of sp³-hybridized carbons (Fsp3) is 1.00. The van der Waals surface area contributed by atoms with Gasteiger partial charge in [-0.3, -0.25) is 0 Å². The molecule has 2 unspecified atom stereocenters. The number of hydrogen-bond acceptors (Lipinski definition) is 4. The molecule has 5 nitrogen and oxygen atoms in total. The molecule has 0 aromatic carbocycles. The molecule has 6 heteroatoms. The first-order valence-electron chi connectivity index (χ1n) is 7.71. The number of hydrogen-bond donors (Lipinski definition) is 1. The van der Waals surface area contributed by atoms with Crippen LogP contribution in [-0.2, 0) is 10.0 Å². The summed E-state index contributed by atoms with van der Waals surface area (Å²) in [5.74, 6) is 0.714. The molecule has 1 N–H and O–H groups in total. The molecular weight excluding hydrogens is 274 g/mol. The van der Waals surface area contributed by atoms with E-state index in [-0.39, 0.29) is 0 Å². The van der Waals surface area contributed by atoms with Gasteiger partial charge in [0.15, 0.2) is 0 Å². The molecule has 1 aliphatic heterocycles. The van der Waals surface area contributed by atoms with Gasteiger partial charge in [-0.15, -0.1) is 0 Å². The molecule has 120 valence electrons. The van der Waals surface area contributed by atoms with Crippen LogP contribution in [0.3, 0.4) is 0 Å². The van der Waals surface area contributed by atoms with Crippen molar-refractivity contribution in [1.82, 2.24) is 14.5 Å². The highest BCUT2D eigenvalue weighted by molar-refractivity contribution is 7.88. The van der Waals surface area contributed by atoms with Gasteiger partial charge in [-0.05, 0) is 52.2 Å².